The van der Waals surface area contributed by atoms with Gasteiger partial charge >= 0.3 is 0 Å². The van der Waals surface area contributed by atoms with Crippen LogP contribution in [-0.4, -0.2) is 16.4 Å². The zero-order valence-electron chi connectivity index (χ0n) is 20.9. The maximum absolute atomic E-state index is 4.75. The van der Waals surface area contributed by atoms with E-state index < -0.39 is 0 Å². The molecule has 1 aliphatic carbocycles. The van der Waals surface area contributed by atoms with Crippen LogP contribution in [0, 0.1) is 6.92 Å². The van der Waals surface area contributed by atoms with Gasteiger partial charge in [0, 0.05) is 25.4 Å². The molecule has 170 valence electrons. The van der Waals surface area contributed by atoms with E-state index in [1.165, 1.54) is 34.2 Å². The van der Waals surface area contributed by atoms with Crippen molar-refractivity contribution in [3.8, 4) is 0 Å². The number of hydrogen-bond donors (Lipinski definition) is 1. The quantitative estimate of drug-likeness (QED) is 0.452. The van der Waals surface area contributed by atoms with E-state index >= 15 is 0 Å². The van der Waals surface area contributed by atoms with Crippen LogP contribution in [-0.2, 0) is 6.42 Å². The first-order chi connectivity index (χ1) is 15.6. The molecule has 0 amide bonds. The van der Waals surface area contributed by atoms with Crippen LogP contribution >= 0.6 is 0 Å². The number of pyridine rings is 1. The predicted molar refractivity (Wildman–Crippen MR) is 141 cm³/mol. The van der Waals surface area contributed by atoms with Crippen molar-refractivity contribution >= 4 is 17.3 Å². The number of nitrogens with one attached hydrogen (secondary N) is 1. The third kappa shape index (κ3) is 6.00. The van der Waals surface area contributed by atoms with E-state index in [1.54, 1.807) is 0 Å². The molecule has 0 unspecified atom stereocenters. The summed E-state index contributed by atoms with van der Waals surface area (Å²) in [5.74, 6) is 0. The number of benzene rings is 1. The Morgan fingerprint density at radius 2 is 1.84 bits per heavy atom. The molecule has 0 saturated carbocycles. The lowest BCUT2D eigenvalue weighted by Crippen LogP contribution is -2.03. The zero-order valence-corrected chi connectivity index (χ0v) is 20.9. The van der Waals surface area contributed by atoms with Crippen LogP contribution in [0.3, 0.4) is 0 Å². The summed E-state index contributed by atoms with van der Waals surface area (Å²) in [5, 5.41) is 3.23. The largest absolute Gasteiger partial charge is 0.392 e. The molecule has 1 aliphatic rings. The van der Waals surface area contributed by atoms with Crippen molar-refractivity contribution in [1.29, 1.82) is 0 Å². The Balaban J connectivity index is 0.000000671. The fourth-order valence-corrected chi connectivity index (χ4v) is 3.66. The maximum atomic E-state index is 4.75. The molecule has 0 spiro atoms. The van der Waals surface area contributed by atoms with Gasteiger partial charge in [-0.05, 0) is 60.2 Å². The Kier molecular flexibility index (Phi) is 10.0. The Labute approximate surface area is 194 Å². The number of fused-ring (bicyclic) bond motifs is 1. The molecule has 4 rings (SSSR count). The summed E-state index contributed by atoms with van der Waals surface area (Å²) in [6.45, 7) is 12.5. The molecule has 0 aliphatic heterocycles. The van der Waals surface area contributed by atoms with E-state index in [1.807, 2.05) is 27.1 Å². The van der Waals surface area contributed by atoms with Gasteiger partial charge in [0.1, 0.15) is 5.65 Å². The van der Waals surface area contributed by atoms with Gasteiger partial charge in [-0.15, -0.1) is 0 Å². The van der Waals surface area contributed by atoms with E-state index in [2.05, 4.69) is 98.2 Å². The molecule has 3 nitrogen and oxygen atoms in total. The van der Waals surface area contributed by atoms with Gasteiger partial charge in [-0.1, -0.05) is 76.6 Å². The van der Waals surface area contributed by atoms with E-state index in [9.17, 15) is 0 Å². The maximum Gasteiger partial charge on any atom is 0.140 e. The monoisotopic (exact) mass is 429 g/mol. The van der Waals surface area contributed by atoms with Gasteiger partial charge in [-0.3, -0.25) is 4.40 Å². The standard InChI is InChI=1S/C24H25N3.C3H8.C2H6/c1-17-8-6-11-20(22(17)14-18(2)25-3)15-21-12-7-13-27-23(16-26-24(21)27)19-9-4-5-10-19;1-3-2;1-2/h4,6-14,16,25H,5,15H2,1-3H3;3H2,1-2H3;1-2H3/b18-14-;;. The molecular weight excluding hydrogens is 390 g/mol. The second kappa shape index (κ2) is 12.7. The minimum absolute atomic E-state index is 0.861. The van der Waals surface area contributed by atoms with Crippen LogP contribution in [0.1, 0.15) is 75.4 Å². The average molecular weight is 430 g/mol. The van der Waals surface area contributed by atoms with E-state index in [0.29, 0.717) is 0 Å². The first-order valence-corrected chi connectivity index (χ1v) is 11.9. The summed E-state index contributed by atoms with van der Waals surface area (Å²) in [6, 6.07) is 10.8. The Morgan fingerprint density at radius 3 is 2.50 bits per heavy atom. The molecule has 3 aromatic rings. The summed E-state index contributed by atoms with van der Waals surface area (Å²) < 4.78 is 2.21. The number of hydrogen-bond acceptors (Lipinski definition) is 2. The van der Waals surface area contributed by atoms with Crippen molar-refractivity contribution in [3.63, 3.8) is 0 Å². The highest BCUT2D eigenvalue weighted by atomic mass is 15.0. The molecule has 0 atom stereocenters. The Hall–Kier alpha value is -3.07. The number of aryl methyl sites for hydroxylation is 1. The molecular formula is C29H39N3. The summed E-state index contributed by atoms with van der Waals surface area (Å²) in [7, 11) is 1.96. The van der Waals surface area contributed by atoms with Gasteiger partial charge < -0.3 is 5.32 Å². The molecule has 32 heavy (non-hydrogen) atoms. The molecule has 3 heteroatoms. The molecule has 2 aromatic heterocycles. The molecule has 0 saturated heterocycles. The van der Waals surface area contributed by atoms with Crippen LogP contribution in [0.4, 0.5) is 0 Å². The lowest BCUT2D eigenvalue weighted by Gasteiger charge is -2.12. The number of rotatable bonds is 5. The van der Waals surface area contributed by atoms with Crippen LogP contribution < -0.4 is 5.32 Å². The molecule has 2 heterocycles. The highest BCUT2D eigenvalue weighted by molar-refractivity contribution is 5.76. The first kappa shape index (κ1) is 25.2. The highest BCUT2D eigenvalue weighted by Crippen LogP contribution is 2.26. The summed E-state index contributed by atoms with van der Waals surface area (Å²) in [4.78, 5) is 4.75. The zero-order chi connectivity index (χ0) is 23.5. The van der Waals surface area contributed by atoms with Crippen molar-refractivity contribution in [2.45, 2.75) is 60.8 Å². The second-order valence-corrected chi connectivity index (χ2v) is 7.78. The number of allylic oxidation sites excluding steroid dienone is 5. The molecule has 0 bridgehead atoms. The first-order valence-electron chi connectivity index (χ1n) is 11.9. The van der Waals surface area contributed by atoms with E-state index in [-0.39, 0.29) is 0 Å². The minimum atomic E-state index is 0.861. The fraction of sp³-hybridized carbons (Fsp3) is 0.345. The SMILES string of the molecule is CC.CCC.CN/C(C)=C\c1c(C)cccc1Cc1cccn2c(C3=CCC=C3)cnc12. The van der Waals surface area contributed by atoms with Crippen molar-refractivity contribution in [3.05, 3.63) is 94.6 Å². The lowest BCUT2D eigenvalue weighted by molar-refractivity contribution is 1.000. The predicted octanol–water partition coefficient (Wildman–Crippen LogP) is 7.60. The number of aromatic nitrogens is 2. The lowest BCUT2D eigenvalue weighted by atomic mass is 9.96. The Morgan fingerprint density at radius 1 is 1.12 bits per heavy atom. The van der Waals surface area contributed by atoms with Crippen LogP contribution in [0.15, 0.2) is 66.7 Å². The smallest absolute Gasteiger partial charge is 0.140 e. The van der Waals surface area contributed by atoms with E-state index in [4.69, 9.17) is 4.98 Å². The van der Waals surface area contributed by atoms with Crippen molar-refractivity contribution in [2.24, 2.45) is 0 Å². The summed E-state index contributed by atoms with van der Waals surface area (Å²) in [5.41, 5.74) is 9.76. The Bertz CT molecular complexity index is 1100. The summed E-state index contributed by atoms with van der Waals surface area (Å²) in [6.07, 6.45) is 16.1. The van der Waals surface area contributed by atoms with E-state index in [0.717, 1.165) is 29.9 Å². The topological polar surface area (TPSA) is 29.3 Å². The van der Waals surface area contributed by atoms with Gasteiger partial charge in [0.15, 0.2) is 0 Å². The van der Waals surface area contributed by atoms with Crippen molar-refractivity contribution < 1.29 is 0 Å². The molecule has 0 radical (unpaired) electrons. The normalized spacial score (nSPS) is 12.6. The van der Waals surface area contributed by atoms with Crippen molar-refractivity contribution in [1.82, 2.24) is 14.7 Å². The number of imidazole rings is 1. The van der Waals surface area contributed by atoms with Gasteiger partial charge in [-0.2, -0.15) is 0 Å². The van der Waals surface area contributed by atoms with Gasteiger partial charge in [-0.25, -0.2) is 4.98 Å². The average Bonchev–Trinajstić information content (AvgIpc) is 3.48. The van der Waals surface area contributed by atoms with Gasteiger partial charge in [0.05, 0.1) is 11.9 Å². The second-order valence-electron chi connectivity index (χ2n) is 7.78. The minimum Gasteiger partial charge on any atom is -0.392 e. The third-order valence-corrected chi connectivity index (χ3v) is 5.23. The fourth-order valence-electron chi connectivity index (χ4n) is 3.66. The molecule has 0 fully saturated rings. The van der Waals surface area contributed by atoms with Crippen LogP contribution in [0.25, 0.3) is 17.3 Å². The summed E-state index contributed by atoms with van der Waals surface area (Å²) >= 11 is 0. The number of nitrogens with zero attached hydrogens (tertiary/aromatic N) is 2. The highest BCUT2D eigenvalue weighted by Gasteiger charge is 2.13. The van der Waals surface area contributed by atoms with Crippen LogP contribution in [0.2, 0.25) is 0 Å². The van der Waals surface area contributed by atoms with Crippen molar-refractivity contribution in [2.75, 3.05) is 7.05 Å². The van der Waals surface area contributed by atoms with Gasteiger partial charge in [0.25, 0.3) is 0 Å². The molecule has 1 N–H and O–H groups in total. The third-order valence-electron chi connectivity index (χ3n) is 5.23. The molecule has 1 aromatic carbocycles. The van der Waals surface area contributed by atoms with Gasteiger partial charge in [0.2, 0.25) is 0 Å². The van der Waals surface area contributed by atoms with Crippen LogP contribution in [0.5, 0.6) is 0 Å².